The third-order valence-electron chi connectivity index (χ3n) is 2.45. The van der Waals surface area contributed by atoms with Gasteiger partial charge in [-0.05, 0) is 24.6 Å². The molecule has 0 saturated carbocycles. The molecule has 1 aromatic heterocycles. The van der Waals surface area contributed by atoms with Crippen LogP contribution in [0.5, 0.6) is 0 Å². The highest BCUT2D eigenvalue weighted by Crippen LogP contribution is 2.00. The van der Waals surface area contributed by atoms with Crippen LogP contribution in [0.4, 0.5) is 0 Å². The van der Waals surface area contributed by atoms with Crippen LogP contribution in [0.2, 0.25) is 0 Å². The molecule has 0 saturated heterocycles. The number of aromatic nitrogens is 1. The highest BCUT2D eigenvalue weighted by Gasteiger charge is 2.02. The van der Waals surface area contributed by atoms with E-state index in [-0.39, 0.29) is 5.91 Å². The fourth-order valence-corrected chi connectivity index (χ4v) is 1.58. The standard InChI is InChI=1S/C13H20N4O/c1-2-6-15-9-12-4-8-17(10-12)11-13(18)16-7-3-5-14/h4,8,10,15H,2-3,6-7,9,11H2,1H3,(H,16,18). The van der Waals surface area contributed by atoms with Gasteiger partial charge in [-0.1, -0.05) is 6.92 Å². The maximum atomic E-state index is 11.5. The van der Waals surface area contributed by atoms with Crippen molar-refractivity contribution in [2.45, 2.75) is 32.9 Å². The van der Waals surface area contributed by atoms with Crippen LogP contribution in [-0.4, -0.2) is 23.6 Å². The number of nitrogens with zero attached hydrogens (tertiary/aromatic N) is 2. The van der Waals surface area contributed by atoms with Crippen molar-refractivity contribution >= 4 is 5.91 Å². The van der Waals surface area contributed by atoms with Crippen molar-refractivity contribution < 1.29 is 4.79 Å². The van der Waals surface area contributed by atoms with Crippen molar-refractivity contribution in [3.8, 4) is 6.07 Å². The summed E-state index contributed by atoms with van der Waals surface area (Å²) in [6.07, 6.45) is 5.32. The Balaban J connectivity index is 2.30. The topological polar surface area (TPSA) is 69.8 Å². The smallest absolute Gasteiger partial charge is 0.239 e. The van der Waals surface area contributed by atoms with Gasteiger partial charge in [0.1, 0.15) is 6.54 Å². The zero-order chi connectivity index (χ0) is 13.2. The Bertz CT molecular complexity index is 405. The van der Waals surface area contributed by atoms with Crippen molar-refractivity contribution in [3.63, 3.8) is 0 Å². The number of amides is 1. The van der Waals surface area contributed by atoms with Gasteiger partial charge >= 0.3 is 0 Å². The van der Waals surface area contributed by atoms with Crippen molar-refractivity contribution in [2.24, 2.45) is 0 Å². The van der Waals surface area contributed by atoms with E-state index in [1.165, 1.54) is 5.56 Å². The average Bonchev–Trinajstić information content (AvgIpc) is 2.77. The van der Waals surface area contributed by atoms with E-state index in [2.05, 4.69) is 17.6 Å². The fourth-order valence-electron chi connectivity index (χ4n) is 1.58. The van der Waals surface area contributed by atoms with Gasteiger partial charge in [-0.15, -0.1) is 0 Å². The summed E-state index contributed by atoms with van der Waals surface area (Å²) in [6.45, 7) is 4.68. The van der Waals surface area contributed by atoms with Gasteiger partial charge in [0.25, 0.3) is 0 Å². The minimum atomic E-state index is -0.0612. The fraction of sp³-hybridized carbons (Fsp3) is 0.538. The van der Waals surface area contributed by atoms with Crippen LogP contribution in [0, 0.1) is 11.3 Å². The third-order valence-corrected chi connectivity index (χ3v) is 2.45. The average molecular weight is 248 g/mol. The normalized spacial score (nSPS) is 10.0. The Labute approximate surface area is 108 Å². The van der Waals surface area contributed by atoms with Crippen LogP contribution < -0.4 is 10.6 Å². The number of carbonyl (C=O) groups excluding carboxylic acids is 1. The van der Waals surface area contributed by atoms with Crippen LogP contribution in [0.15, 0.2) is 18.5 Å². The number of carbonyl (C=O) groups is 1. The highest BCUT2D eigenvalue weighted by molar-refractivity contribution is 5.75. The molecule has 1 amide bonds. The first-order chi connectivity index (χ1) is 8.76. The molecule has 0 atom stereocenters. The largest absolute Gasteiger partial charge is 0.354 e. The van der Waals surface area contributed by atoms with E-state index >= 15 is 0 Å². The molecule has 18 heavy (non-hydrogen) atoms. The van der Waals surface area contributed by atoms with E-state index in [0.29, 0.717) is 19.5 Å². The zero-order valence-electron chi connectivity index (χ0n) is 10.8. The molecule has 2 N–H and O–H groups in total. The summed E-state index contributed by atoms with van der Waals surface area (Å²) in [7, 11) is 0. The van der Waals surface area contributed by atoms with Crippen molar-refractivity contribution in [1.82, 2.24) is 15.2 Å². The lowest BCUT2D eigenvalue weighted by Gasteiger charge is -2.04. The SMILES string of the molecule is CCCNCc1ccn(CC(=O)NCCC#N)c1. The van der Waals surface area contributed by atoms with Gasteiger partial charge < -0.3 is 15.2 Å². The first-order valence-corrected chi connectivity index (χ1v) is 6.25. The molecule has 1 aromatic rings. The Hall–Kier alpha value is -1.80. The second kappa shape index (κ2) is 8.31. The molecule has 0 spiro atoms. The highest BCUT2D eigenvalue weighted by atomic mass is 16.1. The lowest BCUT2D eigenvalue weighted by atomic mass is 10.3. The van der Waals surface area contributed by atoms with Crippen molar-refractivity contribution in [1.29, 1.82) is 5.26 Å². The van der Waals surface area contributed by atoms with Crippen LogP contribution in [-0.2, 0) is 17.9 Å². The van der Waals surface area contributed by atoms with Crippen molar-refractivity contribution in [2.75, 3.05) is 13.1 Å². The first kappa shape index (κ1) is 14.3. The maximum absolute atomic E-state index is 11.5. The zero-order valence-corrected chi connectivity index (χ0v) is 10.8. The van der Waals surface area contributed by atoms with Gasteiger partial charge in [-0.2, -0.15) is 5.26 Å². The van der Waals surface area contributed by atoms with Gasteiger partial charge in [0.05, 0.1) is 12.5 Å². The number of nitrogens with one attached hydrogen (secondary N) is 2. The van der Waals surface area contributed by atoms with E-state index in [4.69, 9.17) is 5.26 Å². The third kappa shape index (κ3) is 5.51. The van der Waals surface area contributed by atoms with Crippen molar-refractivity contribution in [3.05, 3.63) is 24.0 Å². The molecule has 5 nitrogen and oxygen atoms in total. The van der Waals surface area contributed by atoms with E-state index in [1.807, 2.05) is 29.1 Å². The molecule has 1 heterocycles. The van der Waals surface area contributed by atoms with Gasteiger partial charge in [-0.3, -0.25) is 4.79 Å². The number of rotatable bonds is 8. The van der Waals surface area contributed by atoms with E-state index in [0.717, 1.165) is 19.5 Å². The molecule has 5 heteroatoms. The molecular formula is C13H20N4O. The molecule has 0 aliphatic carbocycles. The summed E-state index contributed by atoms with van der Waals surface area (Å²) in [5.74, 6) is -0.0612. The summed E-state index contributed by atoms with van der Waals surface area (Å²) < 4.78 is 1.85. The lowest BCUT2D eigenvalue weighted by Crippen LogP contribution is -2.27. The molecule has 0 aliphatic rings. The lowest BCUT2D eigenvalue weighted by molar-refractivity contribution is -0.121. The number of hydrogen-bond donors (Lipinski definition) is 2. The second-order valence-corrected chi connectivity index (χ2v) is 4.13. The first-order valence-electron chi connectivity index (χ1n) is 6.25. The summed E-state index contributed by atoms with van der Waals surface area (Å²) in [5.41, 5.74) is 1.17. The Morgan fingerprint density at radius 1 is 1.50 bits per heavy atom. The molecule has 0 bridgehead atoms. The molecule has 0 fully saturated rings. The quantitative estimate of drug-likeness (QED) is 0.675. The van der Waals surface area contributed by atoms with Crippen LogP contribution in [0.1, 0.15) is 25.3 Å². The van der Waals surface area contributed by atoms with Gasteiger partial charge in [0.2, 0.25) is 5.91 Å². The summed E-state index contributed by atoms with van der Waals surface area (Å²) in [6, 6.07) is 4.00. The molecular weight excluding hydrogens is 228 g/mol. The van der Waals surface area contributed by atoms with E-state index in [1.54, 1.807) is 0 Å². The molecule has 0 radical (unpaired) electrons. The minimum Gasteiger partial charge on any atom is -0.354 e. The number of nitriles is 1. The Morgan fingerprint density at radius 3 is 3.06 bits per heavy atom. The molecule has 1 rings (SSSR count). The van der Waals surface area contributed by atoms with Crippen LogP contribution >= 0.6 is 0 Å². The monoisotopic (exact) mass is 248 g/mol. The van der Waals surface area contributed by atoms with E-state index < -0.39 is 0 Å². The predicted octanol–water partition coefficient (Wildman–Crippen LogP) is 1.02. The van der Waals surface area contributed by atoms with Gasteiger partial charge in [0.15, 0.2) is 0 Å². The maximum Gasteiger partial charge on any atom is 0.239 e. The summed E-state index contributed by atoms with van der Waals surface area (Å²) in [5, 5.41) is 14.4. The summed E-state index contributed by atoms with van der Waals surface area (Å²) in [4.78, 5) is 11.5. The minimum absolute atomic E-state index is 0.0612. The molecule has 0 unspecified atom stereocenters. The molecule has 0 aromatic carbocycles. The van der Waals surface area contributed by atoms with Gasteiger partial charge in [0, 0.05) is 25.5 Å². The Kier molecular flexibility index (Phi) is 6.59. The second-order valence-electron chi connectivity index (χ2n) is 4.13. The van der Waals surface area contributed by atoms with E-state index in [9.17, 15) is 4.79 Å². The van der Waals surface area contributed by atoms with Crippen LogP contribution in [0.25, 0.3) is 0 Å². The summed E-state index contributed by atoms with van der Waals surface area (Å²) >= 11 is 0. The number of hydrogen-bond acceptors (Lipinski definition) is 3. The predicted molar refractivity (Wildman–Crippen MR) is 69.7 cm³/mol. The molecule has 98 valence electrons. The molecule has 0 aliphatic heterocycles. The Morgan fingerprint density at radius 2 is 2.33 bits per heavy atom. The van der Waals surface area contributed by atoms with Crippen LogP contribution in [0.3, 0.4) is 0 Å². The van der Waals surface area contributed by atoms with Gasteiger partial charge in [-0.25, -0.2) is 0 Å².